The number of carbonyl (C=O) groups is 3. The summed E-state index contributed by atoms with van der Waals surface area (Å²) >= 11 is 6.19. The number of carboxylic acid groups (broad SMARTS) is 1. The van der Waals surface area contributed by atoms with Gasteiger partial charge in [0.05, 0.1) is 16.8 Å². The molecule has 30 heavy (non-hydrogen) atoms. The van der Waals surface area contributed by atoms with Gasteiger partial charge in [0.2, 0.25) is 5.91 Å². The van der Waals surface area contributed by atoms with Crippen molar-refractivity contribution in [1.82, 2.24) is 10.6 Å². The fraction of sp³-hybridized carbons (Fsp3) is 0.286. The van der Waals surface area contributed by atoms with Gasteiger partial charge in [0, 0.05) is 12.6 Å². The lowest BCUT2D eigenvalue weighted by molar-refractivity contribution is -0.139. The van der Waals surface area contributed by atoms with Gasteiger partial charge in [0.1, 0.15) is 11.8 Å². The van der Waals surface area contributed by atoms with Crippen molar-refractivity contribution in [1.29, 1.82) is 0 Å². The van der Waals surface area contributed by atoms with Gasteiger partial charge >= 0.3 is 5.97 Å². The molecule has 160 valence electrons. The Kier molecular flexibility index (Phi) is 9.11. The number of carbonyl (C=O) groups excluding carboxylic acids is 2. The first-order valence-corrected chi connectivity index (χ1v) is 9.80. The number of benzene rings is 1. The van der Waals surface area contributed by atoms with Crippen LogP contribution in [-0.4, -0.2) is 35.5 Å². The molecule has 1 aromatic heterocycles. The minimum absolute atomic E-state index is 0.162. The minimum atomic E-state index is -1.11. The molecule has 0 aliphatic carbocycles. The summed E-state index contributed by atoms with van der Waals surface area (Å²) in [5.74, 6) is -1.44. The Morgan fingerprint density at radius 3 is 2.67 bits per heavy atom. The fourth-order valence-corrected chi connectivity index (χ4v) is 2.92. The molecule has 0 bridgehead atoms. The molecule has 0 aliphatic rings. The van der Waals surface area contributed by atoms with Crippen molar-refractivity contribution in [2.24, 2.45) is 5.73 Å². The van der Waals surface area contributed by atoms with E-state index in [1.807, 2.05) is 0 Å². The van der Waals surface area contributed by atoms with Crippen molar-refractivity contribution < 1.29 is 23.9 Å². The summed E-state index contributed by atoms with van der Waals surface area (Å²) in [6, 6.07) is 7.12. The van der Waals surface area contributed by atoms with E-state index in [0.29, 0.717) is 30.7 Å². The van der Waals surface area contributed by atoms with Gasteiger partial charge in [-0.1, -0.05) is 17.7 Å². The summed E-state index contributed by atoms with van der Waals surface area (Å²) in [6.45, 7) is 0.669. The van der Waals surface area contributed by atoms with E-state index in [1.54, 1.807) is 30.3 Å². The smallest absolute Gasteiger partial charge is 0.326 e. The number of aliphatic carboxylic acids is 1. The highest BCUT2D eigenvalue weighted by atomic mass is 35.5. The molecule has 2 aromatic rings. The molecule has 2 rings (SSSR count). The summed E-state index contributed by atoms with van der Waals surface area (Å²) in [5.41, 5.74) is 6.26. The maximum Gasteiger partial charge on any atom is 0.326 e. The van der Waals surface area contributed by atoms with E-state index in [9.17, 15) is 19.5 Å². The van der Waals surface area contributed by atoms with Crippen LogP contribution >= 0.6 is 11.6 Å². The lowest BCUT2D eigenvalue weighted by atomic mass is 10.1. The Labute approximate surface area is 179 Å². The number of furan rings is 1. The first-order valence-electron chi connectivity index (χ1n) is 9.42. The Morgan fingerprint density at radius 2 is 2.03 bits per heavy atom. The molecule has 0 saturated carbocycles. The van der Waals surface area contributed by atoms with Crippen LogP contribution in [0.4, 0.5) is 0 Å². The van der Waals surface area contributed by atoms with E-state index in [1.165, 1.54) is 18.4 Å². The third-order valence-electron chi connectivity index (χ3n) is 4.24. The van der Waals surface area contributed by atoms with Gasteiger partial charge in [-0.05, 0) is 61.7 Å². The number of carboxylic acids is 1. The van der Waals surface area contributed by atoms with Gasteiger partial charge in [0.25, 0.3) is 5.91 Å². The number of nitrogens with one attached hydrogen (secondary N) is 2. The molecule has 0 unspecified atom stereocenters. The molecule has 1 heterocycles. The van der Waals surface area contributed by atoms with E-state index in [-0.39, 0.29) is 29.5 Å². The fourth-order valence-electron chi connectivity index (χ4n) is 2.63. The summed E-state index contributed by atoms with van der Waals surface area (Å²) in [5, 5.41) is 14.6. The lowest BCUT2D eigenvalue weighted by Gasteiger charge is -2.15. The zero-order valence-corrected chi connectivity index (χ0v) is 17.0. The quantitative estimate of drug-likeness (QED) is 0.318. The second-order valence-electron chi connectivity index (χ2n) is 6.53. The molecule has 8 nitrogen and oxygen atoms in total. The molecule has 9 heteroatoms. The van der Waals surface area contributed by atoms with Crippen LogP contribution in [0.15, 0.2) is 47.1 Å². The second-order valence-corrected chi connectivity index (χ2v) is 6.94. The zero-order chi connectivity index (χ0) is 21.9. The third-order valence-corrected chi connectivity index (χ3v) is 4.55. The monoisotopic (exact) mass is 433 g/mol. The van der Waals surface area contributed by atoms with Crippen LogP contribution < -0.4 is 16.4 Å². The van der Waals surface area contributed by atoms with E-state index >= 15 is 0 Å². The van der Waals surface area contributed by atoms with Crippen LogP contribution in [0, 0.1) is 0 Å². The average molecular weight is 434 g/mol. The van der Waals surface area contributed by atoms with Crippen LogP contribution in [0.5, 0.6) is 0 Å². The topological polar surface area (TPSA) is 135 Å². The second kappa shape index (κ2) is 11.8. The number of unbranched alkanes of at least 4 members (excludes halogenated alkanes) is 1. The van der Waals surface area contributed by atoms with Gasteiger partial charge in [-0.3, -0.25) is 9.59 Å². The molecule has 5 N–H and O–H groups in total. The van der Waals surface area contributed by atoms with Crippen molar-refractivity contribution >= 4 is 35.5 Å². The Bertz CT molecular complexity index is 896. The number of hydrogen-bond donors (Lipinski definition) is 4. The van der Waals surface area contributed by atoms with Crippen molar-refractivity contribution in [3.05, 3.63) is 64.6 Å². The molecule has 1 atom stereocenters. The van der Waals surface area contributed by atoms with E-state index in [4.69, 9.17) is 21.8 Å². The molecule has 2 amide bonds. The minimum Gasteiger partial charge on any atom is -0.480 e. The van der Waals surface area contributed by atoms with Gasteiger partial charge in [-0.25, -0.2) is 4.79 Å². The molecular weight excluding hydrogens is 410 g/mol. The normalized spacial score (nSPS) is 11.9. The summed E-state index contributed by atoms with van der Waals surface area (Å²) in [4.78, 5) is 35.6. The predicted molar refractivity (Wildman–Crippen MR) is 113 cm³/mol. The summed E-state index contributed by atoms with van der Waals surface area (Å²) in [6.07, 6.45) is 5.95. The largest absolute Gasteiger partial charge is 0.480 e. The molecular formula is C21H24ClN3O5. The Morgan fingerprint density at radius 1 is 1.23 bits per heavy atom. The van der Waals surface area contributed by atoms with Crippen LogP contribution in [0.2, 0.25) is 5.02 Å². The molecule has 0 aliphatic heterocycles. The Balaban J connectivity index is 1.92. The highest BCUT2D eigenvalue weighted by molar-refractivity contribution is 6.34. The van der Waals surface area contributed by atoms with Gasteiger partial charge < -0.3 is 25.9 Å². The Hall–Kier alpha value is -3.10. The number of nitrogens with two attached hydrogens (primary N) is 1. The van der Waals surface area contributed by atoms with Crippen LogP contribution in [0.25, 0.3) is 6.08 Å². The number of hydrogen-bond acceptors (Lipinski definition) is 5. The van der Waals surface area contributed by atoms with Gasteiger partial charge in [-0.2, -0.15) is 0 Å². The van der Waals surface area contributed by atoms with Gasteiger partial charge in [-0.15, -0.1) is 0 Å². The highest BCUT2D eigenvalue weighted by Gasteiger charge is 2.21. The van der Waals surface area contributed by atoms with Crippen molar-refractivity contribution in [3.8, 4) is 0 Å². The zero-order valence-electron chi connectivity index (χ0n) is 16.3. The van der Waals surface area contributed by atoms with Gasteiger partial charge in [0.15, 0.2) is 0 Å². The number of rotatable bonds is 11. The number of halogens is 1. The van der Waals surface area contributed by atoms with Crippen molar-refractivity contribution in [2.45, 2.75) is 31.8 Å². The maximum absolute atomic E-state index is 12.4. The van der Waals surface area contributed by atoms with Crippen molar-refractivity contribution in [2.75, 3.05) is 6.54 Å². The number of amides is 2. The maximum atomic E-state index is 12.4. The summed E-state index contributed by atoms with van der Waals surface area (Å²) < 4.78 is 5.10. The van der Waals surface area contributed by atoms with E-state index in [0.717, 1.165) is 0 Å². The van der Waals surface area contributed by atoms with Crippen molar-refractivity contribution in [3.63, 3.8) is 0 Å². The first-order chi connectivity index (χ1) is 14.4. The molecule has 0 fully saturated rings. The van der Waals surface area contributed by atoms with E-state index in [2.05, 4.69) is 10.6 Å². The molecule has 0 spiro atoms. The molecule has 0 saturated heterocycles. The van der Waals surface area contributed by atoms with Crippen LogP contribution in [0.3, 0.4) is 0 Å². The third kappa shape index (κ3) is 7.38. The first kappa shape index (κ1) is 23.2. The van der Waals surface area contributed by atoms with Crippen LogP contribution in [0.1, 0.15) is 40.9 Å². The van der Waals surface area contributed by atoms with E-state index < -0.39 is 17.9 Å². The van der Waals surface area contributed by atoms with Crippen LogP contribution in [-0.2, 0) is 16.1 Å². The summed E-state index contributed by atoms with van der Waals surface area (Å²) in [7, 11) is 0. The predicted octanol–water partition coefficient (Wildman–Crippen LogP) is 2.57. The highest BCUT2D eigenvalue weighted by Crippen LogP contribution is 2.18. The average Bonchev–Trinajstić information content (AvgIpc) is 3.23. The molecule has 1 aromatic carbocycles. The SMILES string of the molecule is NCCCC[C@H](NC(=O)c1ccc(CNC(=O)/C=C/c2ccco2)cc1Cl)C(=O)O. The standard InChI is InChI=1S/C21H24ClN3O5/c22-17-12-14(13-24-19(26)9-7-15-4-3-11-30-15)6-8-16(17)20(27)25-18(21(28)29)5-1-2-10-23/h3-4,6-9,11-12,18H,1-2,5,10,13,23H2,(H,24,26)(H,25,27)(H,28,29)/b9-7+/t18-/m0/s1. The lowest BCUT2D eigenvalue weighted by Crippen LogP contribution is -2.40. The molecule has 0 radical (unpaired) electrons.